The molecule has 5 rings (SSSR count). The van der Waals surface area contributed by atoms with E-state index >= 15 is 0 Å². The van der Waals surface area contributed by atoms with Crippen LogP contribution in [0.3, 0.4) is 0 Å². The first kappa shape index (κ1) is 30.4. The first-order valence-corrected chi connectivity index (χ1v) is 14.9. The zero-order chi connectivity index (χ0) is 28.9. The van der Waals surface area contributed by atoms with Gasteiger partial charge in [0, 0.05) is 30.7 Å². The van der Waals surface area contributed by atoms with Crippen LogP contribution in [0.5, 0.6) is 0 Å². The number of aromatic amines is 1. The minimum Gasteiger partial charge on any atom is -0.363 e. The summed E-state index contributed by atoms with van der Waals surface area (Å²) in [6, 6.07) is 22.2. The number of likely N-dealkylation sites (tertiary alicyclic amines) is 1. The Morgan fingerprint density at radius 1 is 1.02 bits per heavy atom. The van der Waals surface area contributed by atoms with E-state index in [4.69, 9.17) is 0 Å². The van der Waals surface area contributed by atoms with E-state index in [-0.39, 0.29) is 6.04 Å². The fourth-order valence-electron chi connectivity index (χ4n) is 5.42. The Balaban J connectivity index is 0.00000189. The van der Waals surface area contributed by atoms with Gasteiger partial charge < -0.3 is 26.1 Å². The zero-order valence-electron chi connectivity index (χ0n) is 24.5. The van der Waals surface area contributed by atoms with Gasteiger partial charge in [0.15, 0.2) is 0 Å². The van der Waals surface area contributed by atoms with Crippen LogP contribution in [-0.4, -0.2) is 58.9 Å². The van der Waals surface area contributed by atoms with E-state index in [1.54, 1.807) is 6.33 Å². The average molecular weight is 556 g/mol. The van der Waals surface area contributed by atoms with Crippen molar-refractivity contribution in [2.24, 2.45) is 5.73 Å². The molecule has 1 fully saturated rings. The fourth-order valence-corrected chi connectivity index (χ4v) is 5.42. The normalized spacial score (nSPS) is 14.8. The van der Waals surface area contributed by atoms with Crippen molar-refractivity contribution in [1.29, 1.82) is 0 Å². The number of nitrogens with two attached hydrogens (primary N) is 1. The van der Waals surface area contributed by atoms with Crippen LogP contribution in [0, 0.1) is 0 Å². The molecule has 41 heavy (non-hydrogen) atoms. The van der Waals surface area contributed by atoms with Crippen LogP contribution < -0.4 is 16.4 Å². The summed E-state index contributed by atoms with van der Waals surface area (Å²) in [5.74, 6) is 0.839. The molecule has 2 aromatic heterocycles. The van der Waals surface area contributed by atoms with E-state index in [1.807, 2.05) is 6.07 Å². The Hall–Kier alpha value is -3.59. The molecular weight excluding hydrogens is 510 g/mol. The number of H-pyrrole nitrogens is 1. The topological polar surface area (TPSA) is 112 Å². The first-order chi connectivity index (χ1) is 20.2. The molecule has 0 unspecified atom stereocenters. The third-order valence-electron chi connectivity index (χ3n) is 7.77. The van der Waals surface area contributed by atoms with Crippen molar-refractivity contribution in [2.75, 3.05) is 32.0 Å². The van der Waals surface area contributed by atoms with Crippen molar-refractivity contribution in [3.63, 3.8) is 0 Å². The number of piperidine rings is 1. The van der Waals surface area contributed by atoms with E-state index in [0.29, 0.717) is 12.5 Å². The Kier molecular flexibility index (Phi) is 11.9. The number of carbonyl (C=O) groups is 1. The average Bonchev–Trinajstić information content (AvgIpc) is 3.47. The molecule has 0 bridgehead atoms. The van der Waals surface area contributed by atoms with Crippen LogP contribution in [0.25, 0.3) is 22.3 Å². The molecule has 1 aliphatic heterocycles. The van der Waals surface area contributed by atoms with Crippen molar-refractivity contribution < 1.29 is 4.79 Å². The van der Waals surface area contributed by atoms with E-state index in [9.17, 15) is 4.79 Å². The molecule has 1 saturated heterocycles. The Bertz CT molecular complexity index is 1310. The summed E-state index contributed by atoms with van der Waals surface area (Å²) in [7, 11) is 1.50. The number of unbranched alkanes of at least 4 members (excludes halogenated alkanes) is 3. The third kappa shape index (κ3) is 8.70. The van der Waals surface area contributed by atoms with Crippen LogP contribution in [-0.2, 0) is 11.3 Å². The van der Waals surface area contributed by atoms with Gasteiger partial charge in [0.25, 0.3) is 0 Å². The molecular formula is C33H45N7O. The summed E-state index contributed by atoms with van der Waals surface area (Å²) < 4.78 is 0. The lowest BCUT2D eigenvalue weighted by Crippen LogP contribution is -2.42. The largest absolute Gasteiger partial charge is 0.363 e. The molecule has 8 heteroatoms. The quantitative estimate of drug-likeness (QED) is 0.124. The number of anilines is 1. The van der Waals surface area contributed by atoms with Gasteiger partial charge in [-0.2, -0.15) is 0 Å². The van der Waals surface area contributed by atoms with Crippen LogP contribution >= 0.6 is 0 Å². The number of aldehydes is 1. The minimum atomic E-state index is 0.141. The number of hydrogen-bond donors (Lipinski definition) is 4. The molecule has 1 atom stereocenters. The number of nitrogens with zero attached hydrogens (tertiary/aromatic N) is 3. The summed E-state index contributed by atoms with van der Waals surface area (Å²) in [6.07, 6.45) is 9.04. The van der Waals surface area contributed by atoms with Crippen LogP contribution in [0.1, 0.15) is 62.6 Å². The molecule has 0 amide bonds. The molecule has 218 valence electrons. The van der Waals surface area contributed by atoms with Gasteiger partial charge in [-0.25, -0.2) is 9.97 Å². The highest BCUT2D eigenvalue weighted by Gasteiger charge is 2.19. The predicted molar refractivity (Wildman–Crippen MR) is 169 cm³/mol. The maximum Gasteiger partial charge on any atom is 0.143 e. The predicted octanol–water partition coefficient (Wildman–Crippen LogP) is 5.69. The summed E-state index contributed by atoms with van der Waals surface area (Å²) in [4.78, 5) is 25.5. The van der Waals surface area contributed by atoms with Crippen LogP contribution in [0.2, 0.25) is 0 Å². The van der Waals surface area contributed by atoms with Crippen LogP contribution in [0.15, 0.2) is 67.0 Å². The Morgan fingerprint density at radius 3 is 2.51 bits per heavy atom. The second kappa shape index (κ2) is 16.0. The molecule has 0 spiro atoms. The highest BCUT2D eigenvalue weighted by Crippen LogP contribution is 2.29. The van der Waals surface area contributed by atoms with Gasteiger partial charge in [0.1, 0.15) is 24.1 Å². The molecule has 3 heterocycles. The molecule has 4 aromatic rings. The summed E-state index contributed by atoms with van der Waals surface area (Å²) in [6.45, 7) is 6.45. The maximum absolute atomic E-state index is 10.4. The smallest absolute Gasteiger partial charge is 0.143 e. The van der Waals surface area contributed by atoms with Crippen molar-refractivity contribution in [3.8, 4) is 11.3 Å². The van der Waals surface area contributed by atoms with E-state index < -0.39 is 0 Å². The number of hydrogen-bond acceptors (Lipinski definition) is 7. The molecule has 0 radical (unpaired) electrons. The second-order valence-corrected chi connectivity index (χ2v) is 10.7. The van der Waals surface area contributed by atoms with Crippen molar-refractivity contribution >= 4 is 23.1 Å². The van der Waals surface area contributed by atoms with Crippen molar-refractivity contribution in [1.82, 2.24) is 25.2 Å². The lowest BCUT2D eigenvalue weighted by Gasteiger charge is -2.32. The highest BCUT2D eigenvalue weighted by molar-refractivity contribution is 5.91. The fraction of sp³-hybridized carbons (Fsp3) is 0.424. The third-order valence-corrected chi connectivity index (χ3v) is 7.77. The second-order valence-electron chi connectivity index (χ2n) is 10.7. The molecule has 0 aliphatic carbocycles. The minimum absolute atomic E-state index is 0.141. The van der Waals surface area contributed by atoms with Gasteiger partial charge >= 0.3 is 0 Å². The van der Waals surface area contributed by atoms with Crippen molar-refractivity contribution in [3.05, 3.63) is 78.1 Å². The van der Waals surface area contributed by atoms with Gasteiger partial charge in [-0.15, -0.1) is 0 Å². The number of nitrogens with one attached hydrogen (secondary N) is 3. The molecule has 5 N–H and O–H groups in total. The van der Waals surface area contributed by atoms with E-state index in [2.05, 4.69) is 97.7 Å². The molecule has 8 nitrogen and oxygen atoms in total. The SMILES string of the molecule is CN.C[C@@H](Nc1ncnc2[nH]c(-c3ccc(CN4CCC(NCCCCCC=O)CC4)cc3)cc12)c1ccccc1. The number of rotatable bonds is 13. The molecule has 1 aliphatic rings. The molecule has 0 saturated carbocycles. The maximum atomic E-state index is 10.4. The van der Waals surface area contributed by atoms with Gasteiger partial charge in [0.2, 0.25) is 0 Å². The van der Waals surface area contributed by atoms with E-state index in [0.717, 1.165) is 79.8 Å². The van der Waals surface area contributed by atoms with Gasteiger partial charge in [-0.3, -0.25) is 4.90 Å². The van der Waals surface area contributed by atoms with Gasteiger partial charge in [-0.05, 0) is 82.0 Å². The highest BCUT2D eigenvalue weighted by atomic mass is 16.1. The standard InChI is InChI=1S/C32H40N6O.CH5N/c1-24(26-9-5-4-6-10-26)36-31-29-21-30(37-32(29)35-23-34-31)27-13-11-25(12-14-27)22-38-18-15-28(16-19-38)33-17-7-2-3-8-20-39;1-2/h4-6,9-14,20-21,23-24,28,33H,2-3,7-8,15-19,22H2,1H3,(H2,34,35,36,37);2H2,1H3/t24-;/m1./s1. The Morgan fingerprint density at radius 2 is 1.78 bits per heavy atom. The van der Waals surface area contributed by atoms with Crippen LogP contribution in [0.4, 0.5) is 5.82 Å². The Labute approximate surface area is 244 Å². The molecule has 2 aromatic carbocycles. The monoisotopic (exact) mass is 555 g/mol. The number of fused-ring (bicyclic) bond motifs is 1. The lowest BCUT2D eigenvalue weighted by atomic mass is 10.0. The van der Waals surface area contributed by atoms with E-state index in [1.165, 1.54) is 31.0 Å². The lowest BCUT2D eigenvalue weighted by molar-refractivity contribution is -0.107. The summed E-state index contributed by atoms with van der Waals surface area (Å²) in [5.41, 5.74) is 10.1. The van der Waals surface area contributed by atoms with Gasteiger partial charge in [0.05, 0.1) is 5.39 Å². The number of aromatic nitrogens is 3. The summed E-state index contributed by atoms with van der Waals surface area (Å²) >= 11 is 0. The zero-order valence-corrected chi connectivity index (χ0v) is 24.5. The van der Waals surface area contributed by atoms with Crippen molar-refractivity contribution in [2.45, 2.75) is 64.1 Å². The first-order valence-electron chi connectivity index (χ1n) is 14.9. The van der Waals surface area contributed by atoms with Gasteiger partial charge in [-0.1, -0.05) is 61.0 Å². The summed E-state index contributed by atoms with van der Waals surface area (Å²) in [5, 5.41) is 8.26. The number of carbonyl (C=O) groups excluding carboxylic acids is 1. The number of benzene rings is 2.